The normalized spacial score (nSPS) is 22.8. The van der Waals surface area contributed by atoms with Crippen molar-refractivity contribution in [3.8, 4) is 0 Å². The molecule has 0 saturated carbocycles. The van der Waals surface area contributed by atoms with Gasteiger partial charge >= 0.3 is 11.9 Å². The maximum Gasteiger partial charge on any atom is 0.324 e. The second-order valence-electron chi connectivity index (χ2n) is 33.3. The van der Waals surface area contributed by atoms with Crippen molar-refractivity contribution in [1.82, 2.24) is 65.4 Å². The second kappa shape index (κ2) is 53.4. The quantitative estimate of drug-likeness (QED) is 0.0178. The number of piperidine rings is 1. The highest BCUT2D eigenvalue weighted by molar-refractivity contribution is 9.12. The number of likely N-dealkylation sites (tertiary alicyclic amines) is 1. The summed E-state index contributed by atoms with van der Waals surface area (Å²) in [7, 11) is 0. The molecule has 9 heterocycles. The average molecular weight is 1910 g/mol. The standard InChI is InChI=1S/C21H26N2O2.C20H23N3O.C18H25N3O3.C17H24N4O3.C14H18N2O.C5H8Br2O2.6CH4/c1-2-25-21(24)20-17-22(15-18-9-5-3-6-10-18)13-14-23(20)16-19-11-7-4-8-12-19;24-19-20(15-21-19)16-22(13-17-7-3-1-4-8-17)11-12-23(20)14-18-9-5-2-6-10-18;1-13(14(2)22)16(23)20-8-9-21(10-15-6-4-3-5-7-15)18(12-20)11-19-17(18)24;1-12(22)14(18)15(23)20-7-8-21(9-13-5-3-2-4-6-13)17(11-20)10-19-16(17)24;17-13-14(11-15-13)8-4-5-9-16(14)10-12-6-2-1-3-7-12;1-2-9-5(8)4(7)3-6;;;;;;/h3-12,20H,2,13-17H2,1H3;1-10H,11-16H2,(H,21,24);3-7,13-14,22H,8-12H2,1-2H3,(H,19,24);2-6,12,14,22H,7-11,18H2,1H3,(H,19,24);1-3,6-7H,4-5,8-11H2,(H,15,17);4H,2-3H2,1H3;6*1H4/t;;13-,14+,18?;12-,14+,17?;;;;;;;;/m..01......../s1. The van der Waals surface area contributed by atoms with Crippen LogP contribution in [-0.4, -0.2) is 283 Å². The van der Waals surface area contributed by atoms with Crippen LogP contribution in [0.1, 0.15) is 137 Å². The van der Waals surface area contributed by atoms with E-state index in [9.17, 15) is 48.6 Å². The Kier molecular flexibility index (Phi) is 45.7. The number of β-lactam (4-membered cyclic amide) rings is 4. The van der Waals surface area contributed by atoms with E-state index in [1.807, 2.05) is 97.9 Å². The van der Waals surface area contributed by atoms with Gasteiger partial charge in [-0.25, -0.2) is 0 Å². The van der Waals surface area contributed by atoms with E-state index in [0.29, 0.717) is 90.5 Å². The molecule has 0 aliphatic carbocycles. The summed E-state index contributed by atoms with van der Waals surface area (Å²) >= 11 is 6.26. The molecule has 708 valence electrons. The van der Waals surface area contributed by atoms with E-state index in [1.54, 1.807) is 30.6 Å². The molecule has 7 aromatic rings. The minimum atomic E-state index is -0.953. The second-order valence-corrected chi connectivity index (χ2v) is 35.0. The van der Waals surface area contributed by atoms with E-state index in [0.717, 1.165) is 103 Å². The number of nitrogens with one attached hydrogen (secondary N) is 4. The van der Waals surface area contributed by atoms with Crippen molar-refractivity contribution in [1.29, 1.82) is 0 Å². The summed E-state index contributed by atoms with van der Waals surface area (Å²) in [6.07, 6.45) is 1.81. The molecule has 0 aromatic heterocycles. The lowest BCUT2D eigenvalue weighted by molar-refractivity contribution is -0.159. The van der Waals surface area contributed by atoms with Crippen LogP contribution >= 0.6 is 31.9 Å². The lowest BCUT2D eigenvalue weighted by Crippen LogP contribution is -2.79. The van der Waals surface area contributed by atoms with E-state index < -0.39 is 35.2 Å². The van der Waals surface area contributed by atoms with E-state index in [2.05, 4.69) is 213 Å². The van der Waals surface area contributed by atoms with Gasteiger partial charge in [0.15, 0.2) is 0 Å². The largest absolute Gasteiger partial charge is 0.465 e. The Balaban J connectivity index is 0.000000277. The Morgan fingerprint density at radius 1 is 0.411 bits per heavy atom. The van der Waals surface area contributed by atoms with Gasteiger partial charge in [-0.3, -0.25) is 72.7 Å². The third-order valence-corrected chi connectivity index (χ3v) is 27.1. The third kappa shape index (κ3) is 28.7. The number of piperazine rings is 4. The van der Waals surface area contributed by atoms with Crippen molar-refractivity contribution in [2.75, 3.05) is 130 Å². The Morgan fingerprint density at radius 2 is 0.736 bits per heavy atom. The van der Waals surface area contributed by atoms with Gasteiger partial charge in [-0.05, 0) is 92.4 Å². The molecule has 0 bridgehead atoms. The number of nitrogens with zero attached hydrogens (tertiary/aromatic N) is 9. The fourth-order valence-electron chi connectivity index (χ4n) is 17.1. The van der Waals surface area contributed by atoms with Crippen LogP contribution in [0.2, 0.25) is 0 Å². The molecule has 0 radical (unpaired) electrons. The average Bonchev–Trinajstić information content (AvgIpc) is 0.743. The van der Waals surface area contributed by atoms with Crippen LogP contribution < -0.4 is 27.0 Å². The van der Waals surface area contributed by atoms with Crippen LogP contribution in [0.3, 0.4) is 0 Å². The van der Waals surface area contributed by atoms with Crippen LogP contribution in [0.4, 0.5) is 0 Å². The molecule has 8 N–H and O–H groups in total. The summed E-state index contributed by atoms with van der Waals surface area (Å²) in [6.45, 7) is 27.0. The van der Waals surface area contributed by atoms with Gasteiger partial charge in [0.1, 0.15) is 39.1 Å². The number of halogens is 2. The van der Waals surface area contributed by atoms with Crippen molar-refractivity contribution in [2.24, 2.45) is 11.7 Å². The van der Waals surface area contributed by atoms with Crippen molar-refractivity contribution >= 4 is 79.2 Å². The van der Waals surface area contributed by atoms with Gasteiger partial charge in [-0.1, -0.05) is 296 Å². The van der Waals surface area contributed by atoms with Gasteiger partial charge in [0.25, 0.3) is 0 Å². The highest BCUT2D eigenvalue weighted by Gasteiger charge is 2.58. The monoisotopic (exact) mass is 1910 g/mol. The molecule has 6 amide bonds. The number of hydrogen-bond acceptors (Lipinski definition) is 20. The lowest BCUT2D eigenvalue weighted by atomic mass is 9.80. The van der Waals surface area contributed by atoms with Crippen LogP contribution in [0, 0.1) is 5.92 Å². The fourth-order valence-corrected chi connectivity index (χ4v) is 17.5. The first-order valence-electron chi connectivity index (χ1n) is 43.3. The predicted molar refractivity (Wildman–Crippen MR) is 522 cm³/mol. The molecule has 7 aromatic carbocycles. The number of rotatable bonds is 23. The first-order chi connectivity index (χ1) is 59.4. The van der Waals surface area contributed by atoms with Gasteiger partial charge in [0.05, 0.1) is 31.3 Å². The molecule has 9 aliphatic heterocycles. The molecular formula is C101H148Br2N14O12. The van der Waals surface area contributed by atoms with Crippen LogP contribution in [-0.2, 0) is 93.6 Å². The number of nitrogens with two attached hydrogens (primary N) is 1. The number of esters is 2. The third-order valence-electron chi connectivity index (χ3n) is 24.8. The minimum Gasteiger partial charge on any atom is -0.465 e. The molecule has 9 saturated heterocycles. The van der Waals surface area contributed by atoms with E-state index in [4.69, 9.17) is 10.5 Å². The number of aliphatic hydroxyl groups excluding tert-OH is 2. The summed E-state index contributed by atoms with van der Waals surface area (Å²) in [6, 6.07) is 71.0. The number of carbonyl (C=O) groups excluding carboxylic acids is 8. The maximum absolute atomic E-state index is 12.6. The first kappa shape index (κ1) is 110. The fraction of sp³-hybridized carbons (Fsp3) is 0.505. The van der Waals surface area contributed by atoms with Crippen LogP contribution in [0.25, 0.3) is 0 Å². The molecule has 9 fully saturated rings. The Bertz CT molecular complexity index is 4420. The number of aliphatic hydroxyl groups is 2. The minimum absolute atomic E-state index is 0. The van der Waals surface area contributed by atoms with Gasteiger partial charge in [0, 0.05) is 156 Å². The first-order valence-corrected chi connectivity index (χ1v) is 45.3. The molecule has 16 rings (SSSR count). The number of ether oxygens (including phenoxy) is 2. The molecule has 6 unspecified atom stereocenters. The zero-order chi connectivity index (χ0) is 87.5. The molecule has 26 nitrogen and oxygen atoms in total. The lowest BCUT2D eigenvalue weighted by Gasteiger charge is -2.54. The van der Waals surface area contributed by atoms with Crippen molar-refractivity contribution in [3.05, 3.63) is 251 Å². The SMILES string of the molecule is C.C.C.C.C.C.CCOC(=O)C(Br)CBr.CCOC(=O)C1CN(Cc2ccccc2)CCN1Cc1ccccc1.C[C@@H](O)[C@H](N)C(=O)N1CCN(Cc2ccccc2)C2(CNC2=O)C1.C[C@H](C(=O)N1CCN(Cc2ccccc2)C2(CNC2=O)C1)[C@@H](C)O.O=C1NCC12CCCCN2Cc1ccccc1.O=C1NCC12CN(Cc1ccccc1)CCN2Cc1ccccc1. The van der Waals surface area contributed by atoms with Crippen molar-refractivity contribution in [2.45, 2.75) is 196 Å². The van der Waals surface area contributed by atoms with E-state index in [1.165, 1.54) is 47.6 Å². The Hall–Kier alpha value is -9.14. The summed E-state index contributed by atoms with van der Waals surface area (Å²) < 4.78 is 10.0. The van der Waals surface area contributed by atoms with Crippen molar-refractivity contribution < 1.29 is 58.0 Å². The van der Waals surface area contributed by atoms with Gasteiger partial charge in [-0.15, -0.1) is 0 Å². The van der Waals surface area contributed by atoms with E-state index in [-0.39, 0.29) is 114 Å². The molecule has 9 aliphatic rings. The summed E-state index contributed by atoms with van der Waals surface area (Å²) in [5, 5.41) is 31.3. The highest BCUT2D eigenvalue weighted by Crippen LogP contribution is 2.36. The van der Waals surface area contributed by atoms with Crippen LogP contribution in [0.15, 0.2) is 212 Å². The smallest absolute Gasteiger partial charge is 0.324 e. The van der Waals surface area contributed by atoms with Crippen LogP contribution in [0.5, 0.6) is 0 Å². The molecule has 4 spiro atoms. The number of amides is 6. The highest BCUT2D eigenvalue weighted by atomic mass is 79.9. The molecule has 28 heteroatoms. The zero-order valence-corrected chi connectivity index (χ0v) is 74.9. The number of carbonyl (C=O) groups is 8. The Morgan fingerprint density at radius 3 is 1.07 bits per heavy atom. The number of alkyl halides is 2. The number of hydrogen-bond donors (Lipinski definition) is 7. The molecule has 129 heavy (non-hydrogen) atoms. The maximum atomic E-state index is 12.6. The molecular weight excluding hydrogens is 1760 g/mol. The summed E-state index contributed by atoms with van der Waals surface area (Å²) in [5.41, 5.74) is 12.6. The van der Waals surface area contributed by atoms with E-state index >= 15 is 0 Å². The van der Waals surface area contributed by atoms with Gasteiger partial charge < -0.3 is 56.5 Å². The Labute approximate surface area is 786 Å². The summed E-state index contributed by atoms with van der Waals surface area (Å²) in [5.74, 6) is -0.824. The topological polar surface area (TPSA) is 299 Å². The number of benzene rings is 7. The van der Waals surface area contributed by atoms with Crippen molar-refractivity contribution in [3.63, 3.8) is 0 Å². The summed E-state index contributed by atoms with van der Waals surface area (Å²) in [4.78, 5) is 116. The predicted octanol–water partition coefficient (Wildman–Crippen LogP) is 11.0. The molecule has 10 atom stereocenters. The zero-order valence-electron chi connectivity index (χ0n) is 71.7. The van der Waals surface area contributed by atoms with Gasteiger partial charge in [-0.2, -0.15) is 0 Å². The van der Waals surface area contributed by atoms with Gasteiger partial charge in [0.2, 0.25) is 35.4 Å².